The van der Waals surface area contributed by atoms with E-state index in [9.17, 15) is 0 Å². The molecular weight excluding hydrogens is 334 g/mol. The monoisotopic (exact) mass is 355 g/mol. The van der Waals surface area contributed by atoms with Crippen molar-refractivity contribution in [2.75, 3.05) is 18.4 Å². The lowest BCUT2D eigenvalue weighted by Crippen LogP contribution is -2.38. The highest BCUT2D eigenvalue weighted by molar-refractivity contribution is 6.33. The van der Waals surface area contributed by atoms with Crippen molar-refractivity contribution in [2.45, 2.75) is 32.4 Å². The maximum absolute atomic E-state index is 6.19. The van der Waals surface area contributed by atoms with E-state index in [0.717, 1.165) is 43.8 Å². The molecule has 3 aromatic rings. The summed E-state index contributed by atoms with van der Waals surface area (Å²) >= 11 is 6.19. The number of halogens is 1. The first-order valence-electron chi connectivity index (χ1n) is 8.71. The topological polar surface area (TPSA) is 45.5 Å². The first-order valence-corrected chi connectivity index (χ1v) is 9.09. The zero-order valence-corrected chi connectivity index (χ0v) is 15.1. The van der Waals surface area contributed by atoms with E-state index in [1.807, 2.05) is 12.3 Å². The van der Waals surface area contributed by atoms with E-state index in [-0.39, 0.29) is 0 Å². The molecule has 0 saturated carbocycles. The molecule has 4 heterocycles. The predicted octanol–water partition coefficient (Wildman–Crippen LogP) is 3.77. The van der Waals surface area contributed by atoms with Gasteiger partial charge in [-0.2, -0.15) is 0 Å². The molecule has 1 aliphatic rings. The highest BCUT2D eigenvalue weighted by Gasteiger charge is 2.20. The Kier molecular flexibility index (Phi) is 4.59. The van der Waals surface area contributed by atoms with Crippen LogP contribution in [0.5, 0.6) is 0 Å². The standard InChI is InChI=1S/C19H22ClN5/c1-14-3-2-4-19-22-11-16(25(14)19)13-24-9-6-15(7-10-24)23-18-5-8-21-12-17(18)20/h2-5,8,11-12,15H,6-7,9-10,13H2,1H3,(H,21,23). The largest absolute Gasteiger partial charge is 0.381 e. The number of aryl methyl sites for hydroxylation is 1. The van der Waals surface area contributed by atoms with Crippen LogP contribution in [0.3, 0.4) is 0 Å². The Hall–Kier alpha value is -2.11. The maximum Gasteiger partial charge on any atom is 0.137 e. The van der Waals surface area contributed by atoms with Crippen LogP contribution in [-0.2, 0) is 6.54 Å². The van der Waals surface area contributed by atoms with Crippen LogP contribution >= 0.6 is 11.6 Å². The predicted molar refractivity (Wildman–Crippen MR) is 101 cm³/mol. The summed E-state index contributed by atoms with van der Waals surface area (Å²) in [6.45, 7) is 5.21. The number of piperidine rings is 1. The van der Waals surface area contributed by atoms with Crippen LogP contribution in [0.25, 0.3) is 5.65 Å². The second-order valence-corrected chi connectivity index (χ2v) is 7.07. The molecule has 1 saturated heterocycles. The van der Waals surface area contributed by atoms with Gasteiger partial charge in [0.1, 0.15) is 5.65 Å². The van der Waals surface area contributed by atoms with E-state index in [4.69, 9.17) is 11.6 Å². The SMILES string of the molecule is Cc1cccc2ncc(CN3CCC(Nc4ccncc4Cl)CC3)n12. The second-order valence-electron chi connectivity index (χ2n) is 6.66. The summed E-state index contributed by atoms with van der Waals surface area (Å²) in [6, 6.07) is 8.65. The minimum absolute atomic E-state index is 0.458. The number of likely N-dealkylation sites (tertiary alicyclic amines) is 1. The Morgan fingerprint density at radius 3 is 2.84 bits per heavy atom. The minimum atomic E-state index is 0.458. The van der Waals surface area contributed by atoms with Crippen molar-refractivity contribution >= 4 is 22.9 Å². The smallest absolute Gasteiger partial charge is 0.137 e. The lowest BCUT2D eigenvalue weighted by Gasteiger charge is -2.32. The summed E-state index contributed by atoms with van der Waals surface area (Å²) in [5.74, 6) is 0. The van der Waals surface area contributed by atoms with Gasteiger partial charge in [-0.25, -0.2) is 4.98 Å². The van der Waals surface area contributed by atoms with Gasteiger partial charge >= 0.3 is 0 Å². The molecule has 0 aliphatic carbocycles. The maximum atomic E-state index is 6.19. The fourth-order valence-corrected chi connectivity index (χ4v) is 3.74. The van der Waals surface area contributed by atoms with E-state index < -0.39 is 0 Å². The van der Waals surface area contributed by atoms with Crippen molar-refractivity contribution in [3.05, 3.63) is 59.3 Å². The zero-order chi connectivity index (χ0) is 17.2. The Morgan fingerprint density at radius 2 is 2.04 bits per heavy atom. The zero-order valence-electron chi connectivity index (χ0n) is 14.3. The third-order valence-electron chi connectivity index (χ3n) is 4.90. The average molecular weight is 356 g/mol. The summed E-state index contributed by atoms with van der Waals surface area (Å²) < 4.78 is 2.25. The first-order chi connectivity index (χ1) is 12.2. The molecule has 0 atom stereocenters. The Labute approximate surface area is 152 Å². The van der Waals surface area contributed by atoms with Gasteiger partial charge in [-0.1, -0.05) is 17.7 Å². The van der Waals surface area contributed by atoms with Crippen LogP contribution in [0.2, 0.25) is 5.02 Å². The molecule has 0 spiro atoms. The third kappa shape index (κ3) is 3.48. The molecule has 0 amide bonds. The van der Waals surface area contributed by atoms with Gasteiger partial charge in [-0.15, -0.1) is 0 Å². The van der Waals surface area contributed by atoms with E-state index >= 15 is 0 Å². The summed E-state index contributed by atoms with van der Waals surface area (Å²) in [6.07, 6.45) is 7.68. The Bertz CT molecular complexity index is 867. The normalized spacial score (nSPS) is 16.4. The van der Waals surface area contributed by atoms with E-state index in [1.165, 1.54) is 11.4 Å². The molecule has 1 fully saturated rings. The molecule has 5 nitrogen and oxygen atoms in total. The molecule has 6 heteroatoms. The fourth-order valence-electron chi connectivity index (χ4n) is 3.56. The molecule has 0 aromatic carbocycles. The van der Waals surface area contributed by atoms with Gasteiger partial charge in [0.15, 0.2) is 0 Å². The summed E-state index contributed by atoms with van der Waals surface area (Å²) in [5.41, 5.74) is 4.50. The van der Waals surface area contributed by atoms with Gasteiger partial charge < -0.3 is 9.72 Å². The van der Waals surface area contributed by atoms with Gasteiger partial charge in [-0.3, -0.25) is 9.88 Å². The fraction of sp³-hybridized carbons (Fsp3) is 0.368. The number of rotatable bonds is 4. The number of hydrogen-bond acceptors (Lipinski definition) is 4. The molecule has 4 rings (SSSR count). The molecule has 1 N–H and O–H groups in total. The van der Waals surface area contributed by atoms with Crippen LogP contribution < -0.4 is 5.32 Å². The molecule has 3 aromatic heterocycles. The number of nitrogens with zero attached hydrogens (tertiary/aromatic N) is 4. The van der Waals surface area contributed by atoms with Crippen LogP contribution in [0.4, 0.5) is 5.69 Å². The van der Waals surface area contributed by atoms with Crippen molar-refractivity contribution in [1.29, 1.82) is 0 Å². The molecule has 1 aliphatic heterocycles. The summed E-state index contributed by atoms with van der Waals surface area (Å²) in [7, 11) is 0. The summed E-state index contributed by atoms with van der Waals surface area (Å²) in [5, 5.41) is 4.24. The first kappa shape index (κ1) is 16.4. The lowest BCUT2D eigenvalue weighted by atomic mass is 10.0. The minimum Gasteiger partial charge on any atom is -0.381 e. The average Bonchev–Trinajstić information content (AvgIpc) is 3.03. The van der Waals surface area contributed by atoms with Crippen molar-refractivity contribution in [1.82, 2.24) is 19.3 Å². The molecular formula is C19H22ClN5. The quantitative estimate of drug-likeness (QED) is 0.773. The molecule has 130 valence electrons. The Balaban J connectivity index is 1.38. The number of fused-ring (bicyclic) bond motifs is 1. The van der Waals surface area contributed by atoms with Crippen LogP contribution in [-0.4, -0.2) is 38.4 Å². The molecule has 0 bridgehead atoms. The second kappa shape index (κ2) is 7.02. The van der Waals surface area contributed by atoms with E-state index in [0.29, 0.717) is 11.1 Å². The van der Waals surface area contributed by atoms with Crippen LogP contribution in [0.1, 0.15) is 24.2 Å². The van der Waals surface area contributed by atoms with Crippen LogP contribution in [0, 0.1) is 6.92 Å². The van der Waals surface area contributed by atoms with Crippen molar-refractivity contribution in [3.63, 3.8) is 0 Å². The number of pyridine rings is 2. The third-order valence-corrected chi connectivity index (χ3v) is 5.20. The van der Waals surface area contributed by atoms with Gasteiger partial charge in [0.05, 0.1) is 22.6 Å². The Morgan fingerprint density at radius 1 is 1.20 bits per heavy atom. The lowest BCUT2D eigenvalue weighted by molar-refractivity contribution is 0.208. The highest BCUT2D eigenvalue weighted by atomic mass is 35.5. The van der Waals surface area contributed by atoms with Gasteiger partial charge in [-0.05, 0) is 38.0 Å². The van der Waals surface area contributed by atoms with Crippen molar-refractivity contribution in [2.24, 2.45) is 0 Å². The molecule has 0 radical (unpaired) electrons. The molecule has 25 heavy (non-hydrogen) atoms. The van der Waals surface area contributed by atoms with Gasteiger partial charge in [0.25, 0.3) is 0 Å². The molecule has 0 unspecified atom stereocenters. The van der Waals surface area contributed by atoms with Gasteiger partial charge in [0, 0.05) is 43.8 Å². The summed E-state index contributed by atoms with van der Waals surface area (Å²) in [4.78, 5) is 11.1. The van der Waals surface area contributed by atoms with Crippen molar-refractivity contribution < 1.29 is 0 Å². The van der Waals surface area contributed by atoms with E-state index in [1.54, 1.807) is 12.4 Å². The highest BCUT2D eigenvalue weighted by Crippen LogP contribution is 2.24. The number of imidazole rings is 1. The number of nitrogens with one attached hydrogen (secondary N) is 1. The van der Waals surface area contributed by atoms with Gasteiger partial charge in [0.2, 0.25) is 0 Å². The number of anilines is 1. The van der Waals surface area contributed by atoms with E-state index in [2.05, 4.69) is 49.7 Å². The number of hydrogen-bond donors (Lipinski definition) is 1. The number of aromatic nitrogens is 3. The van der Waals surface area contributed by atoms with Crippen LogP contribution in [0.15, 0.2) is 42.9 Å². The van der Waals surface area contributed by atoms with Crippen molar-refractivity contribution in [3.8, 4) is 0 Å².